The van der Waals surface area contributed by atoms with Crippen LogP contribution in [0.4, 0.5) is 0 Å². The van der Waals surface area contributed by atoms with Gasteiger partial charge in [0.1, 0.15) is 13.2 Å². The summed E-state index contributed by atoms with van der Waals surface area (Å²) in [5.74, 6) is -1.02. The summed E-state index contributed by atoms with van der Waals surface area (Å²) in [7, 11) is 0. The van der Waals surface area contributed by atoms with Crippen molar-refractivity contribution in [3.8, 4) is 0 Å². The summed E-state index contributed by atoms with van der Waals surface area (Å²) in [6.45, 7) is 6.23. The number of carbonyl (C=O) groups is 3. The van der Waals surface area contributed by atoms with Gasteiger partial charge in [-0.1, -0.05) is 281 Å². The molecule has 81 heavy (non-hydrogen) atoms. The third-order valence-electron chi connectivity index (χ3n) is 13.2. The highest BCUT2D eigenvalue weighted by Gasteiger charge is 2.19. The predicted octanol–water partition coefficient (Wildman–Crippen LogP) is 22.7. The molecular formula is C75H118O6. The molecule has 1 unspecified atom stereocenters. The number of esters is 3. The van der Waals surface area contributed by atoms with Crippen LogP contribution in [0.15, 0.2) is 170 Å². The molecule has 0 aliphatic heterocycles. The van der Waals surface area contributed by atoms with Crippen LogP contribution in [0.2, 0.25) is 0 Å². The normalized spacial score (nSPS) is 13.3. The van der Waals surface area contributed by atoms with E-state index in [-0.39, 0.29) is 31.6 Å². The Hall–Kier alpha value is -5.23. The van der Waals surface area contributed by atoms with Gasteiger partial charge in [0.25, 0.3) is 0 Å². The van der Waals surface area contributed by atoms with E-state index in [4.69, 9.17) is 14.2 Å². The zero-order chi connectivity index (χ0) is 58.5. The number of allylic oxidation sites excluding steroid dienone is 28. The maximum Gasteiger partial charge on any atom is 0.306 e. The van der Waals surface area contributed by atoms with E-state index in [1.165, 1.54) is 83.5 Å². The van der Waals surface area contributed by atoms with Gasteiger partial charge in [-0.15, -0.1) is 0 Å². The van der Waals surface area contributed by atoms with E-state index >= 15 is 0 Å². The van der Waals surface area contributed by atoms with E-state index in [2.05, 4.69) is 185 Å². The van der Waals surface area contributed by atoms with Crippen LogP contribution in [0, 0.1) is 0 Å². The topological polar surface area (TPSA) is 78.9 Å². The van der Waals surface area contributed by atoms with Crippen molar-refractivity contribution >= 4 is 17.9 Å². The van der Waals surface area contributed by atoms with Crippen LogP contribution in [-0.2, 0) is 28.6 Å². The number of rotatable bonds is 57. The van der Waals surface area contributed by atoms with Gasteiger partial charge in [0, 0.05) is 19.3 Å². The standard InChI is InChI=1S/C75H118O6/c1-4-7-10-13-16-19-22-25-28-31-33-34-35-36-37-38-39-40-42-44-47-50-53-56-59-62-65-68-74(77)80-71-72(70-79-73(76)67-64-61-58-55-52-49-46-43-30-27-24-21-18-15-12-9-6-3)81-75(78)69-66-63-60-57-54-51-48-45-41-32-29-26-23-20-17-14-11-8-5-2/h7-12,16-21,25-30,33-34,36-37,41,45,51,54,60,63,72H,4-6,13-15,22-24,31-32,35,38-40,42-44,46-50,52-53,55-59,61-62,64-71H2,1-3H3/b10-7-,11-8-,12-9-,19-16-,20-17-,21-18-,28-25-,29-26-,30-27-,34-33-,37-36-,45-41-,54-51-,63-60-. The van der Waals surface area contributed by atoms with E-state index in [0.29, 0.717) is 19.3 Å². The third kappa shape index (κ3) is 65.5. The average Bonchev–Trinajstić information content (AvgIpc) is 3.47. The second kappa shape index (κ2) is 67.3. The lowest BCUT2D eigenvalue weighted by molar-refractivity contribution is -0.166. The van der Waals surface area contributed by atoms with E-state index in [9.17, 15) is 14.4 Å². The van der Waals surface area contributed by atoms with Gasteiger partial charge >= 0.3 is 17.9 Å². The molecule has 0 bridgehead atoms. The minimum absolute atomic E-state index is 0.120. The summed E-state index contributed by atoms with van der Waals surface area (Å²) in [5, 5.41) is 0. The first-order valence-electron chi connectivity index (χ1n) is 32.6. The van der Waals surface area contributed by atoms with E-state index in [0.717, 1.165) is 135 Å². The van der Waals surface area contributed by atoms with Gasteiger partial charge in [-0.25, -0.2) is 0 Å². The monoisotopic (exact) mass is 1110 g/mol. The molecule has 0 saturated carbocycles. The van der Waals surface area contributed by atoms with Crippen molar-refractivity contribution in [2.75, 3.05) is 13.2 Å². The molecule has 0 aromatic heterocycles. The van der Waals surface area contributed by atoms with Crippen molar-refractivity contribution in [2.45, 2.75) is 271 Å². The summed E-state index contributed by atoms with van der Waals surface area (Å²) in [5.41, 5.74) is 0. The molecule has 0 aromatic rings. The Bertz CT molecular complexity index is 1860. The zero-order valence-electron chi connectivity index (χ0n) is 52.0. The van der Waals surface area contributed by atoms with Crippen molar-refractivity contribution in [3.05, 3.63) is 170 Å². The van der Waals surface area contributed by atoms with E-state index < -0.39 is 12.1 Å². The van der Waals surface area contributed by atoms with Gasteiger partial charge in [0.05, 0.1) is 0 Å². The number of carbonyl (C=O) groups excluding carboxylic acids is 3. The molecule has 0 heterocycles. The van der Waals surface area contributed by atoms with Crippen molar-refractivity contribution in [3.63, 3.8) is 0 Å². The minimum Gasteiger partial charge on any atom is -0.462 e. The van der Waals surface area contributed by atoms with Gasteiger partial charge in [-0.05, 0) is 135 Å². The molecule has 0 radical (unpaired) electrons. The van der Waals surface area contributed by atoms with Crippen LogP contribution in [0.3, 0.4) is 0 Å². The molecule has 1 atom stereocenters. The molecule has 0 saturated heterocycles. The van der Waals surface area contributed by atoms with Crippen molar-refractivity contribution in [1.29, 1.82) is 0 Å². The Morgan fingerprint density at radius 3 is 0.741 bits per heavy atom. The predicted molar refractivity (Wildman–Crippen MR) is 352 cm³/mol. The number of ether oxygens (including phenoxy) is 3. The molecule has 0 aliphatic carbocycles. The molecule has 6 heteroatoms. The molecule has 0 N–H and O–H groups in total. The lowest BCUT2D eigenvalue weighted by Gasteiger charge is -2.18. The van der Waals surface area contributed by atoms with Crippen LogP contribution in [0.1, 0.15) is 265 Å². The SMILES string of the molecule is CC/C=C\C/C=C\C/C=C\C/C=C\C/C=C\C/C=C\CCC(=O)OC(COC(=O)CCCCCCCCC/C=C\C/C=C\C/C=C\CC)COC(=O)CCCCCCCCCCCCC/C=C\C/C=C\C/C=C\C/C=C\C/C=C\CC. The van der Waals surface area contributed by atoms with Crippen LogP contribution in [-0.4, -0.2) is 37.2 Å². The number of hydrogen-bond donors (Lipinski definition) is 0. The van der Waals surface area contributed by atoms with Gasteiger partial charge in [-0.2, -0.15) is 0 Å². The fourth-order valence-corrected chi connectivity index (χ4v) is 8.45. The average molecular weight is 1120 g/mol. The second-order valence-electron chi connectivity index (χ2n) is 20.9. The third-order valence-corrected chi connectivity index (χ3v) is 13.2. The first kappa shape index (κ1) is 75.8. The van der Waals surface area contributed by atoms with E-state index in [1.54, 1.807) is 0 Å². The summed E-state index contributed by atoms with van der Waals surface area (Å²) < 4.78 is 16.9. The fraction of sp³-hybridized carbons (Fsp3) is 0.587. The Morgan fingerprint density at radius 1 is 0.247 bits per heavy atom. The molecular weight excluding hydrogens is 997 g/mol. The molecule has 454 valence electrons. The van der Waals surface area contributed by atoms with Crippen LogP contribution in [0.25, 0.3) is 0 Å². The molecule has 0 spiro atoms. The highest BCUT2D eigenvalue weighted by molar-refractivity contribution is 5.71. The van der Waals surface area contributed by atoms with Crippen molar-refractivity contribution in [1.82, 2.24) is 0 Å². The van der Waals surface area contributed by atoms with Gasteiger partial charge in [0.2, 0.25) is 0 Å². The Morgan fingerprint density at radius 2 is 0.469 bits per heavy atom. The van der Waals surface area contributed by atoms with Gasteiger partial charge in [-0.3, -0.25) is 14.4 Å². The smallest absolute Gasteiger partial charge is 0.306 e. The van der Waals surface area contributed by atoms with Crippen LogP contribution < -0.4 is 0 Å². The number of hydrogen-bond acceptors (Lipinski definition) is 6. The van der Waals surface area contributed by atoms with Crippen molar-refractivity contribution < 1.29 is 28.6 Å². The highest BCUT2D eigenvalue weighted by Crippen LogP contribution is 2.15. The Balaban J connectivity index is 4.47. The largest absolute Gasteiger partial charge is 0.462 e. The van der Waals surface area contributed by atoms with Crippen LogP contribution >= 0.6 is 0 Å². The van der Waals surface area contributed by atoms with Gasteiger partial charge in [0.15, 0.2) is 6.10 Å². The Labute approximate surface area is 498 Å². The number of unbranched alkanes of at least 4 members (excludes halogenated alkanes) is 18. The molecule has 0 aliphatic rings. The quantitative estimate of drug-likeness (QED) is 0.0261. The first-order valence-corrected chi connectivity index (χ1v) is 32.6. The summed E-state index contributed by atoms with van der Waals surface area (Å²) in [4.78, 5) is 38.4. The molecule has 0 fully saturated rings. The summed E-state index contributed by atoms with van der Waals surface area (Å²) in [6, 6.07) is 0. The van der Waals surface area contributed by atoms with Crippen LogP contribution in [0.5, 0.6) is 0 Å². The molecule has 0 amide bonds. The lowest BCUT2D eigenvalue weighted by atomic mass is 10.0. The zero-order valence-corrected chi connectivity index (χ0v) is 52.0. The van der Waals surface area contributed by atoms with Crippen molar-refractivity contribution in [2.24, 2.45) is 0 Å². The molecule has 0 rings (SSSR count). The maximum absolute atomic E-state index is 12.9. The van der Waals surface area contributed by atoms with E-state index in [1.807, 2.05) is 6.08 Å². The second-order valence-corrected chi connectivity index (χ2v) is 20.9. The summed E-state index contributed by atoms with van der Waals surface area (Å²) in [6.07, 6.45) is 99.4. The molecule has 6 nitrogen and oxygen atoms in total. The molecule has 0 aromatic carbocycles. The summed E-state index contributed by atoms with van der Waals surface area (Å²) >= 11 is 0. The highest BCUT2D eigenvalue weighted by atomic mass is 16.6. The fourth-order valence-electron chi connectivity index (χ4n) is 8.45. The first-order chi connectivity index (χ1) is 40.0. The van der Waals surface area contributed by atoms with Gasteiger partial charge < -0.3 is 14.2 Å². The maximum atomic E-state index is 12.9. The Kier molecular flexibility index (Phi) is 62.9. The lowest BCUT2D eigenvalue weighted by Crippen LogP contribution is -2.30. The minimum atomic E-state index is -0.834.